The van der Waals surface area contributed by atoms with Crippen LogP contribution in [0.3, 0.4) is 0 Å². The first-order chi connectivity index (χ1) is 16.8. The van der Waals surface area contributed by atoms with Gasteiger partial charge in [0.25, 0.3) is 5.91 Å². The van der Waals surface area contributed by atoms with Crippen molar-refractivity contribution >= 4 is 11.9 Å². The van der Waals surface area contributed by atoms with Crippen LogP contribution in [0.5, 0.6) is 11.5 Å². The van der Waals surface area contributed by atoms with E-state index in [1.165, 1.54) is 22.5 Å². The summed E-state index contributed by atoms with van der Waals surface area (Å²) in [5.74, 6) is 1.70. The second kappa shape index (κ2) is 10.4. The van der Waals surface area contributed by atoms with Gasteiger partial charge in [-0.25, -0.2) is 4.79 Å². The molecule has 0 aromatic heterocycles. The molecule has 190 valence electrons. The molecule has 3 amide bonds. The van der Waals surface area contributed by atoms with Gasteiger partial charge in [-0.2, -0.15) is 0 Å². The number of carbonyl (C=O) groups is 2. The van der Waals surface area contributed by atoms with Gasteiger partial charge in [-0.3, -0.25) is 14.6 Å². The van der Waals surface area contributed by atoms with Gasteiger partial charge in [-0.15, -0.1) is 0 Å². The van der Waals surface area contributed by atoms with E-state index < -0.39 is 5.54 Å². The maximum absolute atomic E-state index is 13.5. The molecule has 2 fully saturated rings. The van der Waals surface area contributed by atoms with Crippen molar-refractivity contribution in [2.75, 3.05) is 33.9 Å². The first-order valence-electron chi connectivity index (χ1n) is 12.7. The number of piperidine rings is 1. The van der Waals surface area contributed by atoms with E-state index in [1.54, 1.807) is 20.3 Å². The highest BCUT2D eigenvalue weighted by atomic mass is 16.5. The standard InChI is InChI=1S/C28H39N3O4/c1-19(2)21-11-9-20(10-12-21)17-30-15-13-23(14-16-30)28(3)26(32)31(27(33)29-28)18-22-7-6-8-24(34-4)25(22)35-5/h6-9,21,23H,1,10-18H2,2-5H3,(H,29,33)/t21-,28+/m1/s1. The lowest BCUT2D eigenvalue weighted by atomic mass is 9.78. The lowest BCUT2D eigenvalue weighted by molar-refractivity contribution is -0.133. The molecule has 2 aliphatic heterocycles. The Labute approximate surface area is 209 Å². The lowest BCUT2D eigenvalue weighted by Gasteiger charge is -2.39. The summed E-state index contributed by atoms with van der Waals surface area (Å²) in [4.78, 5) is 30.2. The van der Waals surface area contributed by atoms with E-state index in [1.807, 2.05) is 19.1 Å². The molecule has 2 atom stereocenters. The molecule has 1 aromatic rings. The molecule has 0 unspecified atom stereocenters. The molecule has 4 rings (SSSR count). The van der Waals surface area contributed by atoms with Gasteiger partial charge in [0.2, 0.25) is 0 Å². The van der Waals surface area contributed by atoms with Crippen LogP contribution in [0.15, 0.2) is 42.0 Å². The van der Waals surface area contributed by atoms with Gasteiger partial charge in [0.15, 0.2) is 11.5 Å². The number of nitrogens with zero attached hydrogens (tertiary/aromatic N) is 2. The number of nitrogens with one attached hydrogen (secondary N) is 1. The van der Waals surface area contributed by atoms with Gasteiger partial charge >= 0.3 is 6.03 Å². The largest absolute Gasteiger partial charge is 0.493 e. The molecule has 35 heavy (non-hydrogen) atoms. The Balaban J connectivity index is 1.37. The van der Waals surface area contributed by atoms with Gasteiger partial charge in [-0.05, 0) is 76.9 Å². The summed E-state index contributed by atoms with van der Waals surface area (Å²) in [6, 6.07) is 5.15. The van der Waals surface area contributed by atoms with E-state index in [2.05, 4.69) is 29.8 Å². The highest BCUT2D eigenvalue weighted by Gasteiger charge is 2.52. The average Bonchev–Trinajstić information content (AvgIpc) is 3.08. The summed E-state index contributed by atoms with van der Waals surface area (Å²) in [7, 11) is 3.13. The number of carbonyl (C=O) groups excluding carboxylic acids is 2. The maximum atomic E-state index is 13.5. The second-order valence-electron chi connectivity index (χ2n) is 10.4. The van der Waals surface area contributed by atoms with Gasteiger partial charge < -0.3 is 14.8 Å². The molecule has 7 heteroatoms. The third kappa shape index (κ3) is 5.10. The lowest BCUT2D eigenvalue weighted by Crippen LogP contribution is -2.54. The summed E-state index contributed by atoms with van der Waals surface area (Å²) >= 11 is 0. The third-order valence-corrected chi connectivity index (χ3v) is 8.15. The number of imide groups is 1. The SMILES string of the molecule is C=C(C)[C@@H]1CC=C(CN2CCC([C@]3(C)NC(=O)N(Cc4cccc(OC)c4OC)C3=O)CC2)CC1. The van der Waals surface area contributed by atoms with Crippen molar-refractivity contribution in [3.8, 4) is 11.5 Å². The maximum Gasteiger partial charge on any atom is 0.325 e. The minimum Gasteiger partial charge on any atom is -0.493 e. The number of ether oxygens (including phenoxy) is 2. The number of likely N-dealkylation sites (tertiary alicyclic amines) is 1. The zero-order valence-electron chi connectivity index (χ0n) is 21.6. The topological polar surface area (TPSA) is 71.1 Å². The van der Waals surface area contributed by atoms with Crippen LogP contribution >= 0.6 is 0 Å². The van der Waals surface area contributed by atoms with E-state index in [4.69, 9.17) is 9.47 Å². The van der Waals surface area contributed by atoms with Crippen LogP contribution < -0.4 is 14.8 Å². The Hall–Kier alpha value is -2.80. The van der Waals surface area contributed by atoms with E-state index in [-0.39, 0.29) is 24.4 Å². The summed E-state index contributed by atoms with van der Waals surface area (Å²) < 4.78 is 10.9. The number of methoxy groups -OCH3 is 2. The number of allylic oxidation sites excluding steroid dienone is 2. The van der Waals surface area contributed by atoms with Gasteiger partial charge in [0.05, 0.1) is 20.8 Å². The summed E-state index contributed by atoms with van der Waals surface area (Å²) in [5, 5.41) is 3.03. The molecule has 7 nitrogen and oxygen atoms in total. The van der Waals surface area contributed by atoms with Crippen LogP contribution in [-0.4, -0.2) is 61.1 Å². The first-order valence-corrected chi connectivity index (χ1v) is 12.7. The minimum absolute atomic E-state index is 0.112. The molecule has 1 N–H and O–H groups in total. The van der Waals surface area contributed by atoms with Crippen molar-refractivity contribution < 1.29 is 19.1 Å². The highest BCUT2D eigenvalue weighted by molar-refractivity contribution is 6.07. The third-order valence-electron chi connectivity index (χ3n) is 8.15. The number of urea groups is 1. The van der Waals surface area contributed by atoms with Crippen LogP contribution in [0.1, 0.15) is 51.5 Å². The molecule has 1 aromatic carbocycles. The Morgan fingerprint density at radius 2 is 1.89 bits per heavy atom. The smallest absolute Gasteiger partial charge is 0.325 e. The fourth-order valence-electron chi connectivity index (χ4n) is 5.82. The molecule has 3 aliphatic rings. The fourth-order valence-corrected chi connectivity index (χ4v) is 5.82. The quantitative estimate of drug-likeness (QED) is 0.436. The zero-order valence-corrected chi connectivity index (χ0v) is 21.6. The molecule has 2 saturated heterocycles. The molecule has 0 radical (unpaired) electrons. The molecule has 2 heterocycles. The number of hydrogen-bond acceptors (Lipinski definition) is 5. The zero-order chi connectivity index (χ0) is 25.2. The predicted molar refractivity (Wildman–Crippen MR) is 136 cm³/mol. The van der Waals surface area contributed by atoms with Crippen LogP contribution in [0.2, 0.25) is 0 Å². The second-order valence-corrected chi connectivity index (χ2v) is 10.4. The number of para-hydroxylation sites is 1. The van der Waals surface area contributed by atoms with Gasteiger partial charge in [0.1, 0.15) is 5.54 Å². The number of hydrogen-bond donors (Lipinski definition) is 1. The Morgan fingerprint density at radius 1 is 1.14 bits per heavy atom. The van der Waals surface area contributed by atoms with E-state index in [0.29, 0.717) is 17.4 Å². The van der Waals surface area contributed by atoms with Crippen molar-refractivity contribution in [2.24, 2.45) is 11.8 Å². The molecule has 1 aliphatic carbocycles. The van der Waals surface area contributed by atoms with Crippen LogP contribution in [-0.2, 0) is 11.3 Å². The molecule has 0 bridgehead atoms. The summed E-state index contributed by atoms with van der Waals surface area (Å²) in [5.41, 5.74) is 2.67. The average molecular weight is 482 g/mol. The van der Waals surface area contributed by atoms with E-state index >= 15 is 0 Å². The highest BCUT2D eigenvalue weighted by Crippen LogP contribution is 2.37. The predicted octanol–water partition coefficient (Wildman–Crippen LogP) is 4.53. The van der Waals surface area contributed by atoms with Crippen molar-refractivity contribution in [3.05, 3.63) is 47.6 Å². The monoisotopic (exact) mass is 481 g/mol. The fraction of sp³-hybridized carbons (Fsp3) is 0.571. The number of rotatable bonds is 8. The van der Waals surface area contributed by atoms with Crippen molar-refractivity contribution in [2.45, 2.75) is 58.0 Å². The normalized spacial score (nSPS) is 25.9. The van der Waals surface area contributed by atoms with Crippen molar-refractivity contribution in [1.82, 2.24) is 15.1 Å². The molecular weight excluding hydrogens is 442 g/mol. The van der Waals surface area contributed by atoms with Gasteiger partial charge in [-0.1, -0.05) is 35.9 Å². The Bertz CT molecular complexity index is 1010. The molecule has 0 spiro atoms. The summed E-state index contributed by atoms with van der Waals surface area (Å²) in [6.07, 6.45) is 7.63. The molecular formula is C28H39N3O4. The van der Waals surface area contributed by atoms with Crippen LogP contribution in [0.4, 0.5) is 4.79 Å². The van der Waals surface area contributed by atoms with E-state index in [9.17, 15) is 9.59 Å². The van der Waals surface area contributed by atoms with Crippen LogP contribution in [0.25, 0.3) is 0 Å². The van der Waals surface area contributed by atoms with Crippen molar-refractivity contribution in [1.29, 1.82) is 0 Å². The van der Waals surface area contributed by atoms with Crippen LogP contribution in [0, 0.1) is 11.8 Å². The minimum atomic E-state index is -0.881. The molecule has 0 saturated carbocycles. The van der Waals surface area contributed by atoms with E-state index in [0.717, 1.165) is 50.9 Å². The van der Waals surface area contributed by atoms with Gasteiger partial charge in [0, 0.05) is 12.1 Å². The van der Waals surface area contributed by atoms with Crippen molar-refractivity contribution in [3.63, 3.8) is 0 Å². The Kier molecular flexibility index (Phi) is 7.55. The number of amides is 3. The summed E-state index contributed by atoms with van der Waals surface area (Å²) in [6.45, 7) is 11.2. The Morgan fingerprint density at radius 3 is 2.49 bits per heavy atom. The first kappa shape index (κ1) is 25.3. The number of benzene rings is 1.